The number of benzene rings is 1. The van der Waals surface area contributed by atoms with Gasteiger partial charge < -0.3 is 0 Å². The second kappa shape index (κ2) is 5.72. The topological polar surface area (TPSA) is 63.6 Å². The second-order valence-corrected chi connectivity index (χ2v) is 7.85. The van der Waals surface area contributed by atoms with E-state index in [0.717, 1.165) is 31.2 Å². The summed E-state index contributed by atoms with van der Waals surface area (Å²) in [5.41, 5.74) is 0.245. The third-order valence-electron chi connectivity index (χ3n) is 3.77. The van der Waals surface area contributed by atoms with E-state index in [2.05, 4.69) is 4.99 Å². The van der Waals surface area contributed by atoms with Gasteiger partial charge in [-0.25, -0.2) is 13.2 Å². The highest BCUT2D eigenvalue weighted by molar-refractivity contribution is 7.99. The van der Waals surface area contributed by atoms with Crippen molar-refractivity contribution in [3.8, 4) is 0 Å². The summed E-state index contributed by atoms with van der Waals surface area (Å²) in [6.45, 7) is 0. The van der Waals surface area contributed by atoms with Crippen LogP contribution in [0.1, 0.15) is 31.2 Å². The number of isocyanates is 1. The molecule has 0 unspecified atom stereocenters. The van der Waals surface area contributed by atoms with Crippen molar-refractivity contribution < 1.29 is 13.2 Å². The van der Waals surface area contributed by atoms with E-state index >= 15 is 0 Å². The van der Waals surface area contributed by atoms with Crippen molar-refractivity contribution in [2.45, 2.75) is 41.0 Å². The third-order valence-corrected chi connectivity index (χ3v) is 5.89. The summed E-state index contributed by atoms with van der Waals surface area (Å²) < 4.78 is 23.8. The van der Waals surface area contributed by atoms with Gasteiger partial charge in [-0.3, -0.25) is 0 Å². The summed E-state index contributed by atoms with van der Waals surface area (Å²) >= 11 is 1.39. The molecule has 0 radical (unpaired) electrons. The highest BCUT2D eigenvalue weighted by Crippen LogP contribution is 2.46. The summed E-state index contributed by atoms with van der Waals surface area (Å²) in [5.74, 6) is 0. The van der Waals surface area contributed by atoms with E-state index in [1.165, 1.54) is 18.0 Å². The van der Waals surface area contributed by atoms with Crippen LogP contribution in [0, 0.1) is 0 Å². The Bertz CT molecular complexity index is 655. The van der Waals surface area contributed by atoms with E-state index in [0.29, 0.717) is 9.79 Å². The lowest BCUT2D eigenvalue weighted by Crippen LogP contribution is -2.21. The van der Waals surface area contributed by atoms with Gasteiger partial charge in [0.1, 0.15) is 0 Å². The summed E-state index contributed by atoms with van der Waals surface area (Å²) in [7, 11) is -3.30. The van der Waals surface area contributed by atoms with Crippen LogP contribution < -0.4 is 0 Å². The van der Waals surface area contributed by atoms with Gasteiger partial charge in [-0.05, 0) is 30.7 Å². The lowest BCUT2D eigenvalue weighted by atomic mass is 9.89. The summed E-state index contributed by atoms with van der Waals surface area (Å²) in [6, 6.07) is 5.22. The molecule has 0 bridgehead atoms. The molecule has 0 aromatic heterocycles. The van der Waals surface area contributed by atoms with Crippen molar-refractivity contribution >= 4 is 27.7 Å². The van der Waals surface area contributed by atoms with E-state index in [9.17, 15) is 13.2 Å². The van der Waals surface area contributed by atoms with Crippen LogP contribution in [0.15, 0.2) is 33.0 Å². The Kier molecular flexibility index (Phi) is 4.37. The maximum absolute atomic E-state index is 11.9. The molecule has 1 aliphatic rings. The SMILES string of the molecule is CSc1c(C2(N=C=O)CCCC2)cccc1S(C)(=O)=O. The quantitative estimate of drug-likeness (QED) is 0.487. The van der Waals surface area contributed by atoms with Gasteiger partial charge >= 0.3 is 0 Å². The van der Waals surface area contributed by atoms with Crippen LogP contribution in [-0.2, 0) is 20.2 Å². The Morgan fingerprint density at radius 1 is 1.30 bits per heavy atom. The Balaban J connectivity index is 2.71. The van der Waals surface area contributed by atoms with Crippen LogP contribution in [-0.4, -0.2) is 27.0 Å². The molecule has 6 heteroatoms. The normalized spacial score (nSPS) is 17.7. The highest BCUT2D eigenvalue weighted by Gasteiger charge is 2.38. The molecule has 4 nitrogen and oxygen atoms in total. The van der Waals surface area contributed by atoms with Crippen LogP contribution in [0.3, 0.4) is 0 Å². The van der Waals surface area contributed by atoms with Crippen LogP contribution in [0.5, 0.6) is 0 Å². The molecule has 0 aliphatic heterocycles. The molecular weight excluding hydrogens is 294 g/mol. The molecule has 1 aromatic carbocycles. The van der Waals surface area contributed by atoms with Gasteiger partial charge in [0.25, 0.3) is 0 Å². The van der Waals surface area contributed by atoms with Crippen LogP contribution in [0.4, 0.5) is 0 Å². The van der Waals surface area contributed by atoms with E-state index in [1.807, 2.05) is 12.3 Å². The zero-order valence-corrected chi connectivity index (χ0v) is 13.2. The number of carbonyl (C=O) groups excluding carboxylic acids is 1. The molecule has 1 fully saturated rings. The largest absolute Gasteiger partial charge is 0.235 e. The van der Waals surface area contributed by atoms with E-state index in [-0.39, 0.29) is 0 Å². The molecule has 0 amide bonds. The van der Waals surface area contributed by atoms with Crippen LogP contribution in [0.25, 0.3) is 0 Å². The first kappa shape index (κ1) is 15.3. The minimum atomic E-state index is -3.30. The Morgan fingerprint density at radius 2 is 1.95 bits per heavy atom. The number of hydrogen-bond donors (Lipinski definition) is 0. The number of thioether (sulfide) groups is 1. The zero-order chi connectivity index (χ0) is 14.8. The molecule has 1 aliphatic carbocycles. The molecule has 1 saturated carbocycles. The monoisotopic (exact) mass is 311 g/mol. The van der Waals surface area contributed by atoms with Gasteiger partial charge in [0.15, 0.2) is 9.84 Å². The molecule has 20 heavy (non-hydrogen) atoms. The average molecular weight is 311 g/mol. The molecule has 0 heterocycles. The number of nitrogens with zero attached hydrogens (tertiary/aromatic N) is 1. The minimum Gasteiger partial charge on any atom is -0.224 e. The fraction of sp³-hybridized carbons (Fsp3) is 0.500. The Morgan fingerprint density at radius 3 is 2.45 bits per heavy atom. The molecule has 0 spiro atoms. The average Bonchev–Trinajstić information content (AvgIpc) is 2.87. The van der Waals surface area contributed by atoms with E-state index in [1.54, 1.807) is 18.2 Å². The smallest absolute Gasteiger partial charge is 0.224 e. The Labute approximate surface area is 123 Å². The minimum absolute atomic E-state index is 0.315. The Hall–Kier alpha value is -1.10. The molecule has 2 rings (SSSR count). The zero-order valence-electron chi connectivity index (χ0n) is 11.5. The van der Waals surface area contributed by atoms with Crippen molar-refractivity contribution in [3.63, 3.8) is 0 Å². The summed E-state index contributed by atoms with van der Waals surface area (Å²) in [4.78, 5) is 15.9. The third kappa shape index (κ3) is 2.68. The summed E-state index contributed by atoms with van der Waals surface area (Å²) in [5, 5.41) is 0. The molecular formula is C14H17NO3S2. The van der Waals surface area contributed by atoms with Gasteiger partial charge in [0, 0.05) is 11.2 Å². The molecule has 0 atom stereocenters. The highest BCUT2D eigenvalue weighted by atomic mass is 32.2. The first-order valence-electron chi connectivity index (χ1n) is 6.41. The maximum atomic E-state index is 11.9. The van der Waals surface area contributed by atoms with Crippen molar-refractivity contribution in [2.24, 2.45) is 4.99 Å². The van der Waals surface area contributed by atoms with Crippen LogP contribution in [0.2, 0.25) is 0 Å². The second-order valence-electron chi connectivity index (χ2n) is 5.05. The van der Waals surface area contributed by atoms with Gasteiger partial charge in [-0.1, -0.05) is 25.0 Å². The predicted octanol–water partition coefficient (Wildman–Crippen LogP) is 2.92. The first-order chi connectivity index (χ1) is 9.44. The molecule has 0 N–H and O–H groups in total. The van der Waals surface area contributed by atoms with E-state index in [4.69, 9.17) is 0 Å². The van der Waals surface area contributed by atoms with Gasteiger partial charge in [0.05, 0.1) is 10.4 Å². The fourth-order valence-electron chi connectivity index (χ4n) is 2.87. The van der Waals surface area contributed by atoms with Crippen molar-refractivity contribution in [3.05, 3.63) is 23.8 Å². The van der Waals surface area contributed by atoms with Crippen molar-refractivity contribution in [2.75, 3.05) is 12.5 Å². The molecule has 1 aromatic rings. The maximum Gasteiger partial charge on any atom is 0.235 e. The lowest BCUT2D eigenvalue weighted by molar-refractivity contribution is 0.446. The predicted molar refractivity (Wildman–Crippen MR) is 79.6 cm³/mol. The first-order valence-corrected chi connectivity index (χ1v) is 9.53. The fourth-order valence-corrected chi connectivity index (χ4v) is 5.10. The number of hydrogen-bond acceptors (Lipinski definition) is 5. The molecule has 0 saturated heterocycles. The van der Waals surface area contributed by atoms with Gasteiger partial charge in [-0.15, -0.1) is 11.8 Å². The van der Waals surface area contributed by atoms with Crippen molar-refractivity contribution in [1.29, 1.82) is 0 Å². The lowest BCUT2D eigenvalue weighted by Gasteiger charge is -2.26. The van der Waals surface area contributed by atoms with E-state index < -0.39 is 15.4 Å². The number of aliphatic imine (C=N–C) groups is 1. The van der Waals surface area contributed by atoms with Crippen molar-refractivity contribution in [1.82, 2.24) is 0 Å². The molecule has 108 valence electrons. The summed E-state index contributed by atoms with van der Waals surface area (Å²) in [6.07, 6.45) is 8.24. The number of rotatable bonds is 4. The number of sulfone groups is 1. The van der Waals surface area contributed by atoms with Gasteiger partial charge in [-0.2, -0.15) is 4.99 Å². The standard InChI is InChI=1S/C14H17NO3S2/c1-19-13-11(6-5-7-12(13)20(2,17)18)14(15-10-16)8-3-4-9-14/h5-7H,3-4,8-9H2,1-2H3. The van der Waals surface area contributed by atoms with Crippen LogP contribution >= 0.6 is 11.8 Å². The van der Waals surface area contributed by atoms with Gasteiger partial charge in [0.2, 0.25) is 6.08 Å².